The Labute approximate surface area is 202 Å². The molecule has 9 nitrogen and oxygen atoms in total. The predicted octanol–water partition coefficient (Wildman–Crippen LogP) is 3.51. The van der Waals surface area contributed by atoms with Crippen LogP contribution in [0.25, 0.3) is 6.08 Å². The molecule has 1 aromatic heterocycles. The molecule has 2 amide bonds. The molecular formula is C24H28N2O7S. The van der Waals surface area contributed by atoms with Crippen molar-refractivity contribution in [1.29, 1.82) is 0 Å². The Bertz CT molecular complexity index is 1100. The number of nitrogens with zero attached hydrogens (tertiary/aromatic N) is 1. The predicted molar refractivity (Wildman–Crippen MR) is 129 cm³/mol. The summed E-state index contributed by atoms with van der Waals surface area (Å²) in [6.45, 7) is 4.38. The number of carbonyl (C=O) groups excluding carboxylic acids is 3. The average Bonchev–Trinajstić information content (AvgIpc) is 3.18. The standard InChI is InChI=1S/C24H28N2O7S/c1-6-33-24(29)21-16-9-10-26(14(2)27)13-19(16)34-23(21)25-20(28)8-7-15-11-17(30-3)22(32-5)18(12-15)31-4/h7-8,11-12H,6,9-10,13H2,1-5H3,(H,25,28)/b8-7+. The van der Waals surface area contributed by atoms with Crippen LogP contribution in [-0.4, -0.2) is 57.2 Å². The monoisotopic (exact) mass is 488 g/mol. The number of hydrogen-bond donors (Lipinski definition) is 1. The third-order valence-corrected chi connectivity index (χ3v) is 6.46. The summed E-state index contributed by atoms with van der Waals surface area (Å²) in [5, 5.41) is 3.21. The van der Waals surface area contributed by atoms with Crippen LogP contribution >= 0.6 is 11.3 Å². The van der Waals surface area contributed by atoms with Crippen molar-refractivity contribution in [1.82, 2.24) is 4.90 Å². The highest BCUT2D eigenvalue weighted by molar-refractivity contribution is 7.17. The van der Waals surface area contributed by atoms with E-state index in [1.807, 2.05) is 0 Å². The number of esters is 1. The van der Waals surface area contributed by atoms with Gasteiger partial charge in [0, 0.05) is 24.4 Å². The molecule has 10 heteroatoms. The summed E-state index contributed by atoms with van der Waals surface area (Å²) in [5.41, 5.74) is 1.85. The molecule has 3 rings (SSSR count). The highest BCUT2D eigenvalue weighted by Crippen LogP contribution is 2.39. The van der Waals surface area contributed by atoms with E-state index in [1.165, 1.54) is 45.7 Å². The SMILES string of the molecule is CCOC(=O)c1c(NC(=O)/C=C/c2cc(OC)c(OC)c(OC)c2)sc2c1CCN(C(C)=O)C2. The van der Waals surface area contributed by atoms with Crippen LogP contribution in [-0.2, 0) is 27.3 Å². The third kappa shape index (κ3) is 5.33. The first-order valence-corrected chi connectivity index (χ1v) is 11.5. The summed E-state index contributed by atoms with van der Waals surface area (Å²) in [7, 11) is 4.54. The number of amides is 2. The van der Waals surface area contributed by atoms with Gasteiger partial charge in [0.25, 0.3) is 0 Å². The van der Waals surface area contributed by atoms with Crippen molar-refractivity contribution >= 4 is 40.2 Å². The lowest BCUT2D eigenvalue weighted by Gasteiger charge is -2.25. The lowest BCUT2D eigenvalue weighted by atomic mass is 10.0. The lowest BCUT2D eigenvalue weighted by Crippen LogP contribution is -2.34. The average molecular weight is 489 g/mol. The van der Waals surface area contributed by atoms with Gasteiger partial charge in [-0.3, -0.25) is 9.59 Å². The number of ether oxygens (including phenoxy) is 4. The third-order valence-electron chi connectivity index (χ3n) is 5.33. The number of rotatable bonds is 8. The number of thiophene rings is 1. The molecule has 0 aliphatic carbocycles. The maximum Gasteiger partial charge on any atom is 0.341 e. The van der Waals surface area contributed by atoms with Crippen LogP contribution in [0.5, 0.6) is 17.2 Å². The van der Waals surface area contributed by atoms with E-state index in [0.29, 0.717) is 52.9 Å². The van der Waals surface area contributed by atoms with Crippen molar-refractivity contribution < 1.29 is 33.3 Å². The maximum absolute atomic E-state index is 12.7. The van der Waals surface area contributed by atoms with Crippen LogP contribution in [0.3, 0.4) is 0 Å². The molecule has 1 N–H and O–H groups in total. The second kappa shape index (κ2) is 11.1. The first kappa shape index (κ1) is 25.1. The van der Waals surface area contributed by atoms with E-state index in [1.54, 1.807) is 30.0 Å². The van der Waals surface area contributed by atoms with Crippen LogP contribution in [0.1, 0.15) is 40.2 Å². The molecular weight excluding hydrogens is 460 g/mol. The zero-order valence-corrected chi connectivity index (χ0v) is 20.7. The first-order chi connectivity index (χ1) is 16.3. The fraction of sp³-hybridized carbons (Fsp3) is 0.375. The molecule has 0 radical (unpaired) electrons. The highest BCUT2D eigenvalue weighted by atomic mass is 32.1. The van der Waals surface area contributed by atoms with Gasteiger partial charge in [-0.25, -0.2) is 4.79 Å². The van der Waals surface area contributed by atoms with E-state index in [-0.39, 0.29) is 12.5 Å². The minimum atomic E-state index is -0.486. The number of carbonyl (C=O) groups is 3. The molecule has 0 saturated carbocycles. The molecule has 0 saturated heterocycles. The van der Waals surface area contributed by atoms with Crippen molar-refractivity contribution in [3.05, 3.63) is 39.8 Å². The molecule has 1 aliphatic heterocycles. The van der Waals surface area contributed by atoms with Gasteiger partial charge < -0.3 is 29.2 Å². The second-order valence-electron chi connectivity index (χ2n) is 7.40. The Balaban J connectivity index is 1.86. The number of anilines is 1. The molecule has 2 heterocycles. The van der Waals surface area contributed by atoms with Gasteiger partial charge in [-0.15, -0.1) is 11.3 Å². The van der Waals surface area contributed by atoms with E-state index < -0.39 is 11.9 Å². The van der Waals surface area contributed by atoms with E-state index in [0.717, 1.165) is 10.4 Å². The Morgan fingerprint density at radius 1 is 1.12 bits per heavy atom. The largest absolute Gasteiger partial charge is 0.493 e. The molecule has 1 aliphatic rings. The Hall–Kier alpha value is -3.53. The van der Waals surface area contributed by atoms with E-state index in [9.17, 15) is 14.4 Å². The molecule has 0 spiro atoms. The van der Waals surface area contributed by atoms with Crippen molar-refractivity contribution in [2.24, 2.45) is 0 Å². The van der Waals surface area contributed by atoms with Crippen molar-refractivity contribution in [2.75, 3.05) is 39.8 Å². The summed E-state index contributed by atoms with van der Waals surface area (Å²) < 4.78 is 21.2. The van der Waals surface area contributed by atoms with Crippen molar-refractivity contribution in [3.8, 4) is 17.2 Å². The van der Waals surface area contributed by atoms with E-state index in [2.05, 4.69) is 5.32 Å². The van der Waals surface area contributed by atoms with Crippen molar-refractivity contribution in [3.63, 3.8) is 0 Å². The smallest absolute Gasteiger partial charge is 0.341 e. The van der Waals surface area contributed by atoms with Gasteiger partial charge in [-0.2, -0.15) is 0 Å². The minimum absolute atomic E-state index is 0.0319. The van der Waals surface area contributed by atoms with Crippen molar-refractivity contribution in [2.45, 2.75) is 26.8 Å². The molecule has 182 valence electrons. The summed E-state index contributed by atoms with van der Waals surface area (Å²) in [6.07, 6.45) is 3.49. The van der Waals surface area contributed by atoms with Gasteiger partial charge in [0.1, 0.15) is 5.00 Å². The molecule has 2 aromatic rings. The van der Waals surface area contributed by atoms with Gasteiger partial charge in [0.2, 0.25) is 17.6 Å². The Morgan fingerprint density at radius 2 is 1.79 bits per heavy atom. The van der Waals surface area contributed by atoms with E-state index >= 15 is 0 Å². The fourth-order valence-corrected chi connectivity index (χ4v) is 4.96. The fourth-order valence-electron chi connectivity index (χ4n) is 3.70. The van der Waals surface area contributed by atoms with Crippen LogP contribution in [0.2, 0.25) is 0 Å². The normalized spacial score (nSPS) is 12.8. The van der Waals surface area contributed by atoms with E-state index in [4.69, 9.17) is 18.9 Å². The molecule has 0 unspecified atom stereocenters. The van der Waals surface area contributed by atoms with Gasteiger partial charge >= 0.3 is 5.97 Å². The summed E-state index contributed by atoms with van der Waals surface area (Å²) in [4.78, 5) is 39.8. The minimum Gasteiger partial charge on any atom is -0.493 e. The number of hydrogen-bond acceptors (Lipinski definition) is 8. The maximum atomic E-state index is 12.7. The molecule has 1 aromatic carbocycles. The number of fused-ring (bicyclic) bond motifs is 1. The molecule has 0 fully saturated rings. The number of benzene rings is 1. The summed E-state index contributed by atoms with van der Waals surface area (Å²) >= 11 is 1.29. The molecule has 0 bridgehead atoms. The number of nitrogens with one attached hydrogen (secondary N) is 1. The molecule has 0 atom stereocenters. The highest BCUT2D eigenvalue weighted by Gasteiger charge is 2.30. The second-order valence-corrected chi connectivity index (χ2v) is 8.51. The summed E-state index contributed by atoms with van der Waals surface area (Å²) in [6, 6.07) is 3.44. The lowest BCUT2D eigenvalue weighted by molar-refractivity contribution is -0.129. The van der Waals surface area contributed by atoms with Gasteiger partial charge in [0.15, 0.2) is 11.5 Å². The zero-order chi connectivity index (χ0) is 24.8. The van der Waals surface area contributed by atoms with Crippen LogP contribution in [0.4, 0.5) is 5.00 Å². The first-order valence-electron chi connectivity index (χ1n) is 10.7. The Kier molecular flexibility index (Phi) is 8.17. The van der Waals surface area contributed by atoms with Gasteiger partial charge in [-0.05, 0) is 42.7 Å². The zero-order valence-electron chi connectivity index (χ0n) is 19.9. The van der Waals surface area contributed by atoms with Crippen LogP contribution in [0.15, 0.2) is 18.2 Å². The van der Waals surface area contributed by atoms with Gasteiger partial charge in [0.05, 0.1) is 40.0 Å². The molecule has 34 heavy (non-hydrogen) atoms. The van der Waals surface area contributed by atoms with Crippen LogP contribution < -0.4 is 19.5 Å². The quantitative estimate of drug-likeness (QED) is 0.448. The summed E-state index contributed by atoms with van der Waals surface area (Å²) in [5.74, 6) is 0.450. The Morgan fingerprint density at radius 3 is 2.35 bits per heavy atom. The topological polar surface area (TPSA) is 103 Å². The van der Waals surface area contributed by atoms with Gasteiger partial charge in [-0.1, -0.05) is 0 Å². The number of methoxy groups -OCH3 is 3. The van der Waals surface area contributed by atoms with Crippen LogP contribution in [0, 0.1) is 0 Å².